The quantitative estimate of drug-likeness (QED) is 0.443. The van der Waals surface area contributed by atoms with Gasteiger partial charge in [-0.25, -0.2) is 4.98 Å². The van der Waals surface area contributed by atoms with Crippen LogP contribution in [0.5, 0.6) is 0 Å². The number of nitrogens with one attached hydrogen (secondary N) is 2. The summed E-state index contributed by atoms with van der Waals surface area (Å²) in [6, 6.07) is 8.30. The maximum atomic E-state index is 5.37. The van der Waals surface area contributed by atoms with Crippen LogP contribution in [0, 0.1) is 6.92 Å². The third kappa shape index (κ3) is 4.95. The van der Waals surface area contributed by atoms with Crippen molar-refractivity contribution in [1.29, 1.82) is 0 Å². The van der Waals surface area contributed by atoms with Crippen molar-refractivity contribution < 1.29 is 4.74 Å². The Morgan fingerprint density at radius 3 is 2.73 bits per heavy atom. The van der Waals surface area contributed by atoms with Crippen LogP contribution in [0.2, 0.25) is 0 Å². The van der Waals surface area contributed by atoms with Gasteiger partial charge < -0.3 is 19.9 Å². The normalized spacial score (nSPS) is 16.2. The monoisotopic (exact) mass is 358 g/mol. The summed E-state index contributed by atoms with van der Waals surface area (Å²) in [5.41, 5.74) is 2.27. The molecule has 0 aliphatic carbocycles. The number of morpholine rings is 1. The third-order valence-corrected chi connectivity index (χ3v) is 4.74. The van der Waals surface area contributed by atoms with Crippen molar-refractivity contribution in [2.75, 3.05) is 53.0 Å². The Morgan fingerprint density at radius 2 is 1.92 bits per heavy atom. The molecule has 0 amide bonds. The standard InChI is InChI=1S/C19H30N6O/c1-16-23-17-6-3-4-7-18(17)25(16)10-5-8-21-19(20-2)22-9-11-24-12-14-26-15-13-24/h3-4,6-7H,5,8-15H2,1-2H3,(H2,20,21,22). The number of fused-ring (bicyclic) bond motifs is 1. The lowest BCUT2D eigenvalue weighted by atomic mass is 10.3. The van der Waals surface area contributed by atoms with E-state index in [9.17, 15) is 0 Å². The van der Waals surface area contributed by atoms with Crippen LogP contribution in [-0.2, 0) is 11.3 Å². The molecule has 0 radical (unpaired) electrons. The molecule has 1 saturated heterocycles. The summed E-state index contributed by atoms with van der Waals surface area (Å²) in [4.78, 5) is 11.3. The predicted molar refractivity (Wildman–Crippen MR) is 106 cm³/mol. The molecule has 3 rings (SSSR count). The predicted octanol–water partition coefficient (Wildman–Crippen LogP) is 1.23. The van der Waals surface area contributed by atoms with Crippen LogP contribution < -0.4 is 10.6 Å². The molecule has 2 heterocycles. The van der Waals surface area contributed by atoms with E-state index in [2.05, 4.69) is 55.2 Å². The second kappa shape index (κ2) is 9.54. The van der Waals surface area contributed by atoms with E-state index in [-0.39, 0.29) is 0 Å². The van der Waals surface area contributed by atoms with Gasteiger partial charge in [0, 0.05) is 46.3 Å². The Kier molecular flexibility index (Phi) is 6.85. The van der Waals surface area contributed by atoms with Crippen LogP contribution in [0.3, 0.4) is 0 Å². The van der Waals surface area contributed by atoms with Crippen molar-refractivity contribution in [3.05, 3.63) is 30.1 Å². The van der Waals surface area contributed by atoms with Crippen molar-refractivity contribution >= 4 is 17.0 Å². The summed E-state index contributed by atoms with van der Waals surface area (Å²) < 4.78 is 7.66. The molecule has 7 heteroatoms. The van der Waals surface area contributed by atoms with Gasteiger partial charge in [-0.15, -0.1) is 0 Å². The second-order valence-electron chi connectivity index (χ2n) is 6.53. The number of guanidine groups is 1. The second-order valence-corrected chi connectivity index (χ2v) is 6.53. The highest BCUT2D eigenvalue weighted by Gasteiger charge is 2.10. The lowest BCUT2D eigenvalue weighted by molar-refractivity contribution is 0.0389. The number of aryl methyl sites for hydroxylation is 2. The molecule has 0 atom stereocenters. The minimum absolute atomic E-state index is 0.843. The van der Waals surface area contributed by atoms with E-state index in [4.69, 9.17) is 4.74 Å². The largest absolute Gasteiger partial charge is 0.379 e. The molecule has 1 aromatic carbocycles. The van der Waals surface area contributed by atoms with Gasteiger partial charge in [-0.2, -0.15) is 0 Å². The van der Waals surface area contributed by atoms with E-state index < -0.39 is 0 Å². The molecule has 2 N–H and O–H groups in total. The summed E-state index contributed by atoms with van der Waals surface area (Å²) in [5, 5.41) is 6.79. The fraction of sp³-hybridized carbons (Fsp3) is 0.579. The van der Waals surface area contributed by atoms with Gasteiger partial charge in [-0.1, -0.05) is 12.1 Å². The molecule has 1 aliphatic rings. The number of nitrogens with zero attached hydrogens (tertiary/aromatic N) is 4. The van der Waals surface area contributed by atoms with Gasteiger partial charge in [0.05, 0.1) is 24.2 Å². The number of hydrogen-bond donors (Lipinski definition) is 2. The lowest BCUT2D eigenvalue weighted by Crippen LogP contribution is -2.44. The molecule has 26 heavy (non-hydrogen) atoms. The zero-order chi connectivity index (χ0) is 18.2. The molecular weight excluding hydrogens is 328 g/mol. The van der Waals surface area contributed by atoms with Gasteiger partial charge in [0.2, 0.25) is 0 Å². The van der Waals surface area contributed by atoms with Crippen LogP contribution in [0.4, 0.5) is 0 Å². The Balaban J connectivity index is 1.38. The first kappa shape index (κ1) is 18.7. The van der Waals surface area contributed by atoms with Gasteiger partial charge in [-0.3, -0.25) is 9.89 Å². The minimum Gasteiger partial charge on any atom is -0.379 e. The van der Waals surface area contributed by atoms with Crippen molar-refractivity contribution in [2.45, 2.75) is 19.9 Å². The average Bonchev–Trinajstić information content (AvgIpc) is 2.99. The number of aliphatic imine (C=N–C) groups is 1. The average molecular weight is 358 g/mol. The number of rotatable bonds is 7. The van der Waals surface area contributed by atoms with Crippen molar-refractivity contribution in [2.24, 2.45) is 4.99 Å². The zero-order valence-corrected chi connectivity index (χ0v) is 15.9. The van der Waals surface area contributed by atoms with Gasteiger partial charge in [0.15, 0.2) is 5.96 Å². The summed E-state index contributed by atoms with van der Waals surface area (Å²) in [6.07, 6.45) is 1.02. The van der Waals surface area contributed by atoms with E-state index >= 15 is 0 Å². The molecule has 1 aromatic heterocycles. The Hall–Kier alpha value is -2.12. The maximum absolute atomic E-state index is 5.37. The van der Waals surface area contributed by atoms with Crippen LogP contribution in [0.25, 0.3) is 11.0 Å². The summed E-state index contributed by atoms with van der Waals surface area (Å²) >= 11 is 0. The number of para-hydroxylation sites is 2. The summed E-state index contributed by atoms with van der Waals surface area (Å²) in [5.74, 6) is 1.93. The highest BCUT2D eigenvalue weighted by molar-refractivity contribution is 5.79. The van der Waals surface area contributed by atoms with Crippen LogP contribution in [0.1, 0.15) is 12.2 Å². The van der Waals surface area contributed by atoms with Gasteiger partial charge >= 0.3 is 0 Å². The highest BCUT2D eigenvalue weighted by Crippen LogP contribution is 2.15. The first-order valence-corrected chi connectivity index (χ1v) is 9.44. The fourth-order valence-corrected chi connectivity index (χ4v) is 3.30. The van der Waals surface area contributed by atoms with Crippen molar-refractivity contribution in [3.8, 4) is 0 Å². The number of benzene rings is 1. The topological polar surface area (TPSA) is 66.7 Å². The number of imidazole rings is 1. The number of ether oxygens (including phenoxy) is 1. The van der Waals surface area contributed by atoms with E-state index in [1.165, 1.54) is 5.52 Å². The van der Waals surface area contributed by atoms with E-state index in [1.807, 2.05) is 13.1 Å². The third-order valence-electron chi connectivity index (χ3n) is 4.74. The Labute approximate surface area is 155 Å². The molecule has 1 aliphatic heterocycles. The van der Waals surface area contributed by atoms with Crippen molar-refractivity contribution in [1.82, 2.24) is 25.1 Å². The van der Waals surface area contributed by atoms with Crippen molar-refractivity contribution in [3.63, 3.8) is 0 Å². The maximum Gasteiger partial charge on any atom is 0.191 e. The van der Waals surface area contributed by atoms with Gasteiger partial charge in [0.25, 0.3) is 0 Å². The Bertz CT molecular complexity index is 720. The number of aromatic nitrogens is 2. The van der Waals surface area contributed by atoms with Gasteiger partial charge in [-0.05, 0) is 25.5 Å². The lowest BCUT2D eigenvalue weighted by Gasteiger charge is -2.26. The zero-order valence-electron chi connectivity index (χ0n) is 15.9. The highest BCUT2D eigenvalue weighted by atomic mass is 16.5. The molecular formula is C19H30N6O. The van der Waals surface area contributed by atoms with E-state index in [0.29, 0.717) is 0 Å². The van der Waals surface area contributed by atoms with Crippen LogP contribution >= 0.6 is 0 Å². The first-order chi connectivity index (χ1) is 12.8. The van der Waals surface area contributed by atoms with Crippen LogP contribution in [-0.4, -0.2) is 73.4 Å². The molecule has 0 bridgehead atoms. The smallest absolute Gasteiger partial charge is 0.191 e. The van der Waals surface area contributed by atoms with E-state index in [0.717, 1.165) is 76.2 Å². The SMILES string of the molecule is CN=C(NCCCn1c(C)nc2ccccc21)NCCN1CCOCC1. The van der Waals surface area contributed by atoms with E-state index in [1.54, 1.807) is 0 Å². The molecule has 7 nitrogen and oxygen atoms in total. The van der Waals surface area contributed by atoms with Crippen LogP contribution in [0.15, 0.2) is 29.3 Å². The number of hydrogen-bond acceptors (Lipinski definition) is 4. The molecule has 0 saturated carbocycles. The Morgan fingerprint density at radius 1 is 1.15 bits per heavy atom. The molecule has 142 valence electrons. The summed E-state index contributed by atoms with van der Waals surface area (Å²) in [6.45, 7) is 9.53. The minimum atomic E-state index is 0.843. The molecule has 1 fully saturated rings. The molecule has 0 unspecified atom stereocenters. The fourth-order valence-electron chi connectivity index (χ4n) is 3.30. The first-order valence-electron chi connectivity index (χ1n) is 9.44. The molecule has 2 aromatic rings. The van der Waals surface area contributed by atoms with Gasteiger partial charge in [0.1, 0.15) is 5.82 Å². The molecule has 0 spiro atoms. The summed E-state index contributed by atoms with van der Waals surface area (Å²) in [7, 11) is 1.82.